The largest absolute Gasteiger partial charge is 0.351 e. The normalized spacial score (nSPS) is 24.4. The Bertz CT molecular complexity index is 327. The predicted octanol–water partition coefficient (Wildman–Crippen LogP) is 0.812. The van der Waals surface area contributed by atoms with Crippen LogP contribution >= 0.6 is 0 Å². The summed E-state index contributed by atoms with van der Waals surface area (Å²) in [7, 11) is 1.94. The highest BCUT2D eigenvalue weighted by atomic mass is 16.2. The molecule has 1 atom stereocenters. The third kappa shape index (κ3) is 5.09. The highest BCUT2D eigenvalue weighted by Gasteiger charge is 2.29. The third-order valence-corrected chi connectivity index (χ3v) is 4.19. The standard InChI is InChI=1S/C14H28N4O2/c1-4-9-16-11-5-7-12(8-6-11)18(3)10(2)13(19)17-14(15)20/h10-12,16H,4-9H2,1-3H3,(H3,15,17,19,20). The summed E-state index contributed by atoms with van der Waals surface area (Å²) >= 11 is 0. The van der Waals surface area contributed by atoms with Crippen LogP contribution in [0.4, 0.5) is 4.79 Å². The topological polar surface area (TPSA) is 87.5 Å². The van der Waals surface area contributed by atoms with E-state index in [1.807, 2.05) is 11.9 Å². The van der Waals surface area contributed by atoms with Crippen LogP contribution in [0.15, 0.2) is 0 Å². The van der Waals surface area contributed by atoms with Gasteiger partial charge in [-0.15, -0.1) is 0 Å². The molecule has 0 heterocycles. The van der Waals surface area contributed by atoms with Gasteiger partial charge < -0.3 is 11.1 Å². The SMILES string of the molecule is CCCNC1CCC(N(C)C(C)C(=O)NC(N)=O)CC1. The minimum atomic E-state index is -0.789. The number of imide groups is 1. The van der Waals surface area contributed by atoms with E-state index in [0.29, 0.717) is 12.1 Å². The molecule has 1 aliphatic carbocycles. The maximum atomic E-state index is 11.8. The summed E-state index contributed by atoms with van der Waals surface area (Å²) in [6.45, 7) is 5.05. The van der Waals surface area contributed by atoms with Crippen molar-refractivity contribution in [1.82, 2.24) is 15.5 Å². The van der Waals surface area contributed by atoms with Crippen molar-refractivity contribution >= 4 is 11.9 Å². The van der Waals surface area contributed by atoms with E-state index >= 15 is 0 Å². The lowest BCUT2D eigenvalue weighted by molar-refractivity contribution is -0.125. The Morgan fingerprint density at radius 3 is 2.40 bits per heavy atom. The van der Waals surface area contributed by atoms with Gasteiger partial charge in [0.15, 0.2) is 0 Å². The highest BCUT2D eigenvalue weighted by Crippen LogP contribution is 2.23. The number of hydrogen-bond donors (Lipinski definition) is 3. The van der Waals surface area contributed by atoms with E-state index in [2.05, 4.69) is 17.6 Å². The van der Waals surface area contributed by atoms with E-state index < -0.39 is 6.03 Å². The van der Waals surface area contributed by atoms with E-state index in [1.54, 1.807) is 6.92 Å². The fourth-order valence-electron chi connectivity index (χ4n) is 2.76. The molecular formula is C14H28N4O2. The average molecular weight is 284 g/mol. The van der Waals surface area contributed by atoms with Gasteiger partial charge in [0.1, 0.15) is 0 Å². The smallest absolute Gasteiger partial charge is 0.318 e. The number of nitrogens with two attached hydrogens (primary N) is 1. The van der Waals surface area contributed by atoms with E-state index in [9.17, 15) is 9.59 Å². The lowest BCUT2D eigenvalue weighted by Crippen LogP contribution is -2.51. The molecule has 0 spiro atoms. The Hall–Kier alpha value is -1.14. The highest BCUT2D eigenvalue weighted by molar-refractivity contribution is 5.96. The first kappa shape index (κ1) is 16.9. The average Bonchev–Trinajstić information content (AvgIpc) is 2.43. The molecule has 0 bridgehead atoms. The molecule has 4 N–H and O–H groups in total. The molecule has 20 heavy (non-hydrogen) atoms. The van der Waals surface area contributed by atoms with Gasteiger partial charge in [-0.2, -0.15) is 0 Å². The summed E-state index contributed by atoms with van der Waals surface area (Å²) < 4.78 is 0. The lowest BCUT2D eigenvalue weighted by atomic mass is 9.89. The van der Waals surface area contributed by atoms with Crippen molar-refractivity contribution in [2.75, 3.05) is 13.6 Å². The van der Waals surface area contributed by atoms with E-state index in [-0.39, 0.29) is 11.9 Å². The molecule has 0 radical (unpaired) electrons. The van der Waals surface area contributed by atoms with E-state index in [0.717, 1.165) is 38.6 Å². The van der Waals surface area contributed by atoms with Gasteiger partial charge in [0.2, 0.25) is 5.91 Å². The van der Waals surface area contributed by atoms with E-state index in [1.165, 1.54) is 0 Å². The first-order chi connectivity index (χ1) is 9.45. The molecule has 1 aliphatic rings. The van der Waals surface area contributed by atoms with Crippen molar-refractivity contribution in [3.05, 3.63) is 0 Å². The van der Waals surface area contributed by atoms with Crippen molar-refractivity contribution < 1.29 is 9.59 Å². The Kier molecular flexibility index (Phi) is 6.95. The fraction of sp³-hybridized carbons (Fsp3) is 0.857. The maximum Gasteiger partial charge on any atom is 0.318 e. The minimum absolute atomic E-state index is 0.328. The monoisotopic (exact) mass is 284 g/mol. The number of primary amides is 1. The number of amides is 3. The number of carbonyl (C=O) groups excluding carboxylic acids is 2. The second kappa shape index (κ2) is 8.21. The molecule has 0 saturated heterocycles. The Balaban J connectivity index is 2.39. The van der Waals surface area contributed by atoms with Crippen molar-refractivity contribution in [3.63, 3.8) is 0 Å². The molecule has 0 aromatic rings. The molecule has 6 heteroatoms. The molecule has 1 saturated carbocycles. The zero-order valence-electron chi connectivity index (χ0n) is 12.8. The van der Waals surface area contributed by atoms with E-state index in [4.69, 9.17) is 5.73 Å². The Morgan fingerprint density at radius 2 is 1.90 bits per heavy atom. The molecule has 6 nitrogen and oxygen atoms in total. The van der Waals surface area contributed by atoms with Gasteiger partial charge in [-0.1, -0.05) is 6.92 Å². The molecular weight excluding hydrogens is 256 g/mol. The molecule has 0 aliphatic heterocycles. The minimum Gasteiger partial charge on any atom is -0.351 e. The quantitative estimate of drug-likeness (QED) is 0.673. The van der Waals surface area contributed by atoms with Crippen LogP contribution in [-0.4, -0.2) is 48.6 Å². The molecule has 1 unspecified atom stereocenters. The maximum absolute atomic E-state index is 11.8. The van der Waals surface area contributed by atoms with Gasteiger partial charge in [-0.05, 0) is 52.6 Å². The summed E-state index contributed by atoms with van der Waals surface area (Å²) in [5.41, 5.74) is 4.98. The summed E-state index contributed by atoms with van der Waals surface area (Å²) in [5, 5.41) is 5.69. The summed E-state index contributed by atoms with van der Waals surface area (Å²) in [4.78, 5) is 24.5. The molecule has 0 aromatic carbocycles. The number of likely N-dealkylation sites (N-methyl/N-ethyl adjacent to an activating group) is 1. The van der Waals surface area contributed by atoms with Crippen molar-refractivity contribution in [2.24, 2.45) is 5.73 Å². The number of urea groups is 1. The number of nitrogens with one attached hydrogen (secondary N) is 2. The Morgan fingerprint density at radius 1 is 1.30 bits per heavy atom. The second-order valence-corrected chi connectivity index (χ2v) is 5.65. The lowest BCUT2D eigenvalue weighted by Gasteiger charge is -2.37. The number of rotatable bonds is 6. The number of carbonyl (C=O) groups is 2. The summed E-state index contributed by atoms with van der Waals surface area (Å²) in [5.74, 6) is -0.328. The summed E-state index contributed by atoms with van der Waals surface area (Å²) in [6, 6.07) is -0.131. The van der Waals surface area contributed by atoms with Crippen molar-refractivity contribution in [3.8, 4) is 0 Å². The van der Waals surface area contributed by atoms with Gasteiger partial charge in [0.05, 0.1) is 6.04 Å². The number of hydrogen-bond acceptors (Lipinski definition) is 4. The van der Waals surface area contributed by atoms with Crippen LogP contribution in [0, 0.1) is 0 Å². The molecule has 1 fully saturated rings. The molecule has 116 valence electrons. The van der Waals surface area contributed by atoms with Crippen LogP contribution in [0.2, 0.25) is 0 Å². The van der Waals surface area contributed by atoms with Crippen molar-refractivity contribution in [2.45, 2.75) is 64.1 Å². The van der Waals surface area contributed by atoms with Crippen LogP contribution in [0.1, 0.15) is 46.0 Å². The van der Waals surface area contributed by atoms with Crippen LogP contribution in [-0.2, 0) is 4.79 Å². The van der Waals surface area contributed by atoms with Gasteiger partial charge in [0, 0.05) is 12.1 Å². The van der Waals surface area contributed by atoms with Crippen LogP contribution in [0.25, 0.3) is 0 Å². The zero-order chi connectivity index (χ0) is 15.1. The van der Waals surface area contributed by atoms with Gasteiger partial charge in [0.25, 0.3) is 0 Å². The van der Waals surface area contributed by atoms with Crippen LogP contribution in [0.3, 0.4) is 0 Å². The van der Waals surface area contributed by atoms with Gasteiger partial charge >= 0.3 is 6.03 Å². The summed E-state index contributed by atoms with van der Waals surface area (Å²) in [6.07, 6.45) is 5.58. The van der Waals surface area contributed by atoms with Crippen LogP contribution in [0.5, 0.6) is 0 Å². The number of nitrogens with zero attached hydrogens (tertiary/aromatic N) is 1. The zero-order valence-corrected chi connectivity index (χ0v) is 12.8. The molecule has 0 aromatic heterocycles. The first-order valence-corrected chi connectivity index (χ1v) is 7.51. The van der Waals surface area contributed by atoms with Gasteiger partial charge in [-0.25, -0.2) is 4.79 Å². The van der Waals surface area contributed by atoms with Crippen LogP contribution < -0.4 is 16.4 Å². The molecule has 3 amide bonds. The van der Waals surface area contributed by atoms with Crippen molar-refractivity contribution in [1.29, 1.82) is 0 Å². The predicted molar refractivity (Wildman–Crippen MR) is 79.3 cm³/mol. The molecule has 1 rings (SSSR count). The third-order valence-electron chi connectivity index (χ3n) is 4.19. The van der Waals surface area contributed by atoms with Gasteiger partial charge in [-0.3, -0.25) is 15.0 Å². The second-order valence-electron chi connectivity index (χ2n) is 5.65. The first-order valence-electron chi connectivity index (χ1n) is 7.51. The fourth-order valence-corrected chi connectivity index (χ4v) is 2.76. The Labute approximate surface area is 121 Å².